The van der Waals surface area contributed by atoms with Crippen LogP contribution in [0.5, 0.6) is 0 Å². The molecule has 0 aliphatic rings. The largest absolute Gasteiger partial charge is 0.341 e. The molecule has 0 spiro atoms. The van der Waals surface area contributed by atoms with Gasteiger partial charge in [-0.1, -0.05) is 36.4 Å². The standard InChI is InChI=1S/C26H21FN4O2/c1-30-15-14-28-26(30)24(17-10-12-18(27)13-11-17)29-23(32)16-31-21-8-4-2-6-19(21)25(33)20-7-3-5-9-22(20)31/h2-15,24H,16H2,1H3,(H,29,32)/t24-/m0/s1. The number of aromatic nitrogens is 3. The third-order valence-corrected chi connectivity index (χ3v) is 5.81. The molecule has 5 rings (SSSR count). The summed E-state index contributed by atoms with van der Waals surface area (Å²) >= 11 is 0. The van der Waals surface area contributed by atoms with Gasteiger partial charge in [0.25, 0.3) is 0 Å². The second-order valence-electron chi connectivity index (χ2n) is 7.90. The molecule has 0 saturated heterocycles. The molecule has 0 bridgehead atoms. The monoisotopic (exact) mass is 440 g/mol. The zero-order valence-corrected chi connectivity index (χ0v) is 17.9. The second kappa shape index (κ2) is 8.35. The fourth-order valence-electron chi connectivity index (χ4n) is 4.20. The van der Waals surface area contributed by atoms with E-state index in [1.54, 1.807) is 36.7 Å². The number of fused-ring (bicyclic) bond motifs is 2. The molecular formula is C26H21FN4O2. The van der Waals surface area contributed by atoms with E-state index in [-0.39, 0.29) is 23.7 Å². The Balaban J connectivity index is 1.56. The van der Waals surface area contributed by atoms with Crippen molar-refractivity contribution in [1.82, 2.24) is 19.4 Å². The van der Waals surface area contributed by atoms with Crippen molar-refractivity contribution in [2.24, 2.45) is 7.05 Å². The molecule has 0 saturated carbocycles. The predicted octanol–water partition coefficient (Wildman–Crippen LogP) is 3.93. The maximum atomic E-state index is 13.5. The van der Waals surface area contributed by atoms with E-state index < -0.39 is 6.04 Å². The van der Waals surface area contributed by atoms with Gasteiger partial charge < -0.3 is 14.5 Å². The van der Waals surface area contributed by atoms with Crippen LogP contribution in [0.4, 0.5) is 4.39 Å². The lowest BCUT2D eigenvalue weighted by Crippen LogP contribution is -2.34. The van der Waals surface area contributed by atoms with Crippen molar-refractivity contribution in [3.05, 3.63) is 113 Å². The Morgan fingerprint density at radius 2 is 1.58 bits per heavy atom. The van der Waals surface area contributed by atoms with Crippen molar-refractivity contribution in [2.75, 3.05) is 0 Å². The Kier molecular flexibility index (Phi) is 5.22. The molecule has 33 heavy (non-hydrogen) atoms. The van der Waals surface area contributed by atoms with Gasteiger partial charge in [0.15, 0.2) is 5.43 Å². The molecule has 0 radical (unpaired) electrons. The number of carbonyl (C=O) groups excluding carboxylic acids is 1. The Morgan fingerprint density at radius 1 is 0.970 bits per heavy atom. The summed E-state index contributed by atoms with van der Waals surface area (Å²) < 4.78 is 17.2. The molecule has 1 amide bonds. The van der Waals surface area contributed by atoms with Gasteiger partial charge in [0, 0.05) is 30.2 Å². The van der Waals surface area contributed by atoms with Crippen molar-refractivity contribution in [2.45, 2.75) is 12.6 Å². The summed E-state index contributed by atoms with van der Waals surface area (Å²) in [6.45, 7) is 0.00340. The summed E-state index contributed by atoms with van der Waals surface area (Å²) in [6.07, 6.45) is 3.45. The SMILES string of the molecule is Cn1ccnc1[C@@H](NC(=O)Cn1c2ccccc2c(=O)c2ccccc21)c1ccc(F)cc1. The highest BCUT2D eigenvalue weighted by Gasteiger charge is 2.22. The predicted molar refractivity (Wildman–Crippen MR) is 125 cm³/mol. The number of halogens is 1. The minimum atomic E-state index is -0.560. The quantitative estimate of drug-likeness (QED) is 0.421. The molecule has 0 fully saturated rings. The van der Waals surface area contributed by atoms with Gasteiger partial charge in [-0.15, -0.1) is 0 Å². The van der Waals surface area contributed by atoms with Crippen LogP contribution in [0.25, 0.3) is 21.8 Å². The van der Waals surface area contributed by atoms with E-state index >= 15 is 0 Å². The van der Waals surface area contributed by atoms with Gasteiger partial charge >= 0.3 is 0 Å². The maximum absolute atomic E-state index is 13.5. The van der Waals surface area contributed by atoms with Gasteiger partial charge in [0.05, 0.1) is 11.0 Å². The highest BCUT2D eigenvalue weighted by atomic mass is 19.1. The average Bonchev–Trinajstić information content (AvgIpc) is 3.26. The summed E-state index contributed by atoms with van der Waals surface area (Å²) in [5, 5.41) is 4.16. The van der Waals surface area contributed by atoms with Gasteiger partial charge in [-0.3, -0.25) is 9.59 Å². The first kappa shape index (κ1) is 20.6. The van der Waals surface area contributed by atoms with Crippen LogP contribution in [0.2, 0.25) is 0 Å². The number of amides is 1. The highest BCUT2D eigenvalue weighted by molar-refractivity contribution is 5.94. The third kappa shape index (κ3) is 3.78. The van der Waals surface area contributed by atoms with Crippen LogP contribution in [0.3, 0.4) is 0 Å². The maximum Gasteiger partial charge on any atom is 0.240 e. The highest BCUT2D eigenvalue weighted by Crippen LogP contribution is 2.22. The fourth-order valence-corrected chi connectivity index (χ4v) is 4.20. The summed E-state index contributed by atoms with van der Waals surface area (Å²) in [4.78, 5) is 30.7. The molecule has 2 aromatic heterocycles. The molecule has 6 nitrogen and oxygen atoms in total. The van der Waals surface area contributed by atoms with Gasteiger partial charge in [0.2, 0.25) is 5.91 Å². The van der Waals surface area contributed by atoms with Crippen molar-refractivity contribution in [3.63, 3.8) is 0 Å². The third-order valence-electron chi connectivity index (χ3n) is 5.81. The smallest absolute Gasteiger partial charge is 0.240 e. The van der Waals surface area contributed by atoms with Gasteiger partial charge in [0.1, 0.15) is 24.2 Å². The van der Waals surface area contributed by atoms with E-state index in [1.165, 1.54) is 12.1 Å². The van der Waals surface area contributed by atoms with Crippen LogP contribution in [0.15, 0.2) is 90.0 Å². The number of aryl methyl sites for hydroxylation is 1. The minimum Gasteiger partial charge on any atom is -0.341 e. The van der Waals surface area contributed by atoms with E-state index in [9.17, 15) is 14.0 Å². The number of rotatable bonds is 5. The van der Waals surface area contributed by atoms with E-state index in [4.69, 9.17) is 0 Å². The topological polar surface area (TPSA) is 68.9 Å². The van der Waals surface area contributed by atoms with E-state index in [2.05, 4.69) is 10.3 Å². The number of hydrogen-bond acceptors (Lipinski definition) is 3. The number of hydrogen-bond donors (Lipinski definition) is 1. The fraction of sp³-hybridized carbons (Fsp3) is 0.115. The second-order valence-corrected chi connectivity index (χ2v) is 7.90. The molecule has 7 heteroatoms. The summed E-state index contributed by atoms with van der Waals surface area (Å²) in [6, 6.07) is 20.0. The number of benzene rings is 3. The lowest BCUT2D eigenvalue weighted by atomic mass is 10.1. The van der Waals surface area contributed by atoms with E-state index in [0.29, 0.717) is 33.2 Å². The molecule has 3 aromatic carbocycles. The Labute approximate surface area is 188 Å². The molecule has 0 aliphatic heterocycles. The zero-order valence-electron chi connectivity index (χ0n) is 17.9. The molecule has 0 aliphatic carbocycles. The Hall–Kier alpha value is -4.26. The summed E-state index contributed by atoms with van der Waals surface area (Å²) in [5.41, 5.74) is 2.03. The van der Waals surface area contributed by atoms with Crippen molar-refractivity contribution < 1.29 is 9.18 Å². The molecule has 1 N–H and O–H groups in total. The first-order chi connectivity index (χ1) is 16.0. The molecule has 1 atom stereocenters. The van der Waals surface area contributed by atoms with Crippen LogP contribution in [0, 0.1) is 5.82 Å². The minimum absolute atomic E-state index is 0.00340. The van der Waals surface area contributed by atoms with Gasteiger partial charge in [-0.2, -0.15) is 0 Å². The Morgan fingerprint density at radius 3 is 2.15 bits per heavy atom. The van der Waals surface area contributed by atoms with Gasteiger partial charge in [-0.25, -0.2) is 9.37 Å². The molecule has 164 valence electrons. The number of pyridine rings is 1. The van der Waals surface area contributed by atoms with Crippen molar-refractivity contribution in [3.8, 4) is 0 Å². The Bertz CT molecular complexity index is 1480. The van der Waals surface area contributed by atoms with E-state index in [1.807, 2.05) is 52.6 Å². The number of nitrogens with zero attached hydrogens (tertiary/aromatic N) is 3. The van der Waals surface area contributed by atoms with E-state index in [0.717, 1.165) is 0 Å². The van der Waals surface area contributed by atoms with Crippen LogP contribution < -0.4 is 10.7 Å². The molecule has 2 heterocycles. The van der Waals surface area contributed by atoms with Crippen LogP contribution in [0.1, 0.15) is 17.4 Å². The van der Waals surface area contributed by atoms with Crippen molar-refractivity contribution in [1.29, 1.82) is 0 Å². The molecule has 5 aromatic rings. The van der Waals surface area contributed by atoms with Crippen LogP contribution in [-0.4, -0.2) is 20.0 Å². The average molecular weight is 440 g/mol. The lowest BCUT2D eigenvalue weighted by molar-refractivity contribution is -0.122. The number of imidazole rings is 1. The molecule has 0 unspecified atom stereocenters. The lowest BCUT2D eigenvalue weighted by Gasteiger charge is -2.21. The van der Waals surface area contributed by atoms with Crippen LogP contribution >= 0.6 is 0 Å². The molecular weight excluding hydrogens is 419 g/mol. The number of para-hydroxylation sites is 2. The summed E-state index contributed by atoms with van der Waals surface area (Å²) in [5.74, 6) is 0.0192. The number of carbonyl (C=O) groups is 1. The van der Waals surface area contributed by atoms with Crippen molar-refractivity contribution >= 4 is 27.7 Å². The van der Waals surface area contributed by atoms with Crippen LogP contribution in [-0.2, 0) is 18.4 Å². The normalized spacial score (nSPS) is 12.2. The zero-order chi connectivity index (χ0) is 22.9. The summed E-state index contributed by atoms with van der Waals surface area (Å²) in [7, 11) is 1.84. The van der Waals surface area contributed by atoms with Gasteiger partial charge in [-0.05, 0) is 42.0 Å². The first-order valence-electron chi connectivity index (χ1n) is 10.6. The first-order valence-corrected chi connectivity index (χ1v) is 10.6. The number of nitrogens with one attached hydrogen (secondary N) is 1.